The molecule has 0 spiro atoms. The van der Waals surface area contributed by atoms with E-state index in [4.69, 9.17) is 9.26 Å². The van der Waals surface area contributed by atoms with Crippen LogP contribution in [0.2, 0.25) is 0 Å². The van der Waals surface area contributed by atoms with Crippen molar-refractivity contribution in [1.29, 1.82) is 0 Å². The van der Waals surface area contributed by atoms with Gasteiger partial charge in [-0.25, -0.2) is 13.2 Å². The average Bonchev–Trinajstić information content (AvgIpc) is 3.05. The van der Waals surface area contributed by atoms with Crippen LogP contribution in [0.1, 0.15) is 34.3 Å². The number of ether oxygens (including phenoxy) is 1. The molecule has 0 fully saturated rings. The summed E-state index contributed by atoms with van der Waals surface area (Å²) in [5.74, 6) is -0.0436. The number of benzene rings is 2. The van der Waals surface area contributed by atoms with Crippen molar-refractivity contribution in [3.8, 4) is 0 Å². The molecule has 0 aliphatic carbocycles. The Morgan fingerprint density at radius 2 is 1.83 bits per heavy atom. The smallest absolute Gasteiger partial charge is 0.338 e. The number of rotatable bonds is 7. The van der Waals surface area contributed by atoms with Crippen molar-refractivity contribution in [2.75, 3.05) is 10.8 Å². The van der Waals surface area contributed by atoms with Gasteiger partial charge >= 0.3 is 5.97 Å². The predicted octanol–water partition coefficient (Wildman–Crippen LogP) is 3.86. The highest BCUT2D eigenvalue weighted by Gasteiger charge is 2.24. The van der Waals surface area contributed by atoms with E-state index in [2.05, 4.69) is 5.16 Å². The highest BCUT2D eigenvalue weighted by molar-refractivity contribution is 7.92. The molecular weight excluding hydrogens is 392 g/mol. The van der Waals surface area contributed by atoms with E-state index in [1.165, 1.54) is 28.6 Å². The van der Waals surface area contributed by atoms with Gasteiger partial charge in [-0.3, -0.25) is 4.31 Å². The molecule has 0 saturated heterocycles. The Morgan fingerprint density at radius 1 is 1.10 bits per heavy atom. The Balaban J connectivity index is 1.83. The first-order valence-electron chi connectivity index (χ1n) is 9.11. The first kappa shape index (κ1) is 20.6. The van der Waals surface area contributed by atoms with Gasteiger partial charge in [0, 0.05) is 6.54 Å². The molecule has 0 radical (unpaired) electrons. The Hall–Kier alpha value is -3.13. The molecule has 0 bridgehead atoms. The molecule has 0 unspecified atom stereocenters. The molecule has 29 heavy (non-hydrogen) atoms. The molecule has 0 saturated carbocycles. The summed E-state index contributed by atoms with van der Waals surface area (Å²) in [4.78, 5) is 12.5. The highest BCUT2D eigenvalue weighted by Crippen LogP contribution is 2.24. The van der Waals surface area contributed by atoms with Crippen LogP contribution in [0.25, 0.3) is 0 Å². The number of hydrogen-bond donors (Lipinski definition) is 0. The Kier molecular flexibility index (Phi) is 6.03. The third kappa shape index (κ3) is 4.32. The van der Waals surface area contributed by atoms with E-state index in [0.29, 0.717) is 22.7 Å². The second-order valence-electron chi connectivity index (χ2n) is 6.41. The summed E-state index contributed by atoms with van der Waals surface area (Å²) < 4.78 is 37.9. The number of carbonyl (C=O) groups excluding carboxylic acids is 1. The highest BCUT2D eigenvalue weighted by atomic mass is 32.2. The topological polar surface area (TPSA) is 89.7 Å². The van der Waals surface area contributed by atoms with E-state index in [1.54, 1.807) is 45.0 Å². The number of aryl methyl sites for hydroxylation is 2. The Labute approximate surface area is 169 Å². The molecule has 0 N–H and O–H groups in total. The monoisotopic (exact) mass is 414 g/mol. The van der Waals surface area contributed by atoms with Gasteiger partial charge in [-0.15, -0.1) is 0 Å². The van der Waals surface area contributed by atoms with Gasteiger partial charge in [0.25, 0.3) is 10.0 Å². The minimum Gasteiger partial charge on any atom is -0.457 e. The molecule has 0 amide bonds. The fourth-order valence-corrected chi connectivity index (χ4v) is 4.45. The molecular formula is C21H22N2O5S. The van der Waals surface area contributed by atoms with Crippen molar-refractivity contribution in [1.82, 2.24) is 5.16 Å². The number of hydrogen-bond acceptors (Lipinski definition) is 6. The van der Waals surface area contributed by atoms with Crippen LogP contribution in [-0.4, -0.2) is 26.1 Å². The van der Waals surface area contributed by atoms with Crippen molar-refractivity contribution >= 4 is 21.7 Å². The van der Waals surface area contributed by atoms with E-state index >= 15 is 0 Å². The third-order valence-corrected chi connectivity index (χ3v) is 6.42. The number of anilines is 1. The fraction of sp³-hybridized carbons (Fsp3) is 0.238. The lowest BCUT2D eigenvalue weighted by molar-refractivity contribution is 0.0470. The summed E-state index contributed by atoms with van der Waals surface area (Å²) >= 11 is 0. The van der Waals surface area contributed by atoms with Crippen molar-refractivity contribution in [2.45, 2.75) is 32.3 Å². The van der Waals surface area contributed by atoms with Gasteiger partial charge in [0.05, 0.1) is 27.4 Å². The number of para-hydroxylation sites is 1. The lowest BCUT2D eigenvalue weighted by atomic mass is 10.2. The van der Waals surface area contributed by atoms with Gasteiger partial charge in [-0.05, 0) is 51.1 Å². The van der Waals surface area contributed by atoms with Crippen LogP contribution in [0.3, 0.4) is 0 Å². The van der Waals surface area contributed by atoms with Crippen molar-refractivity contribution in [2.24, 2.45) is 0 Å². The Bertz CT molecular complexity index is 1090. The maximum atomic E-state index is 13.1. The minimum atomic E-state index is -3.83. The normalized spacial score (nSPS) is 11.3. The van der Waals surface area contributed by atoms with E-state index in [9.17, 15) is 13.2 Å². The minimum absolute atomic E-state index is 0.00206. The molecule has 152 valence electrons. The average molecular weight is 414 g/mol. The van der Waals surface area contributed by atoms with E-state index < -0.39 is 16.0 Å². The predicted molar refractivity (Wildman–Crippen MR) is 108 cm³/mol. The summed E-state index contributed by atoms with van der Waals surface area (Å²) in [5, 5.41) is 3.82. The summed E-state index contributed by atoms with van der Waals surface area (Å²) in [6, 6.07) is 14.7. The number of esters is 1. The summed E-state index contributed by atoms with van der Waals surface area (Å²) in [6.45, 7) is 5.51. The van der Waals surface area contributed by atoms with Crippen LogP contribution in [-0.2, 0) is 21.4 Å². The second-order valence-corrected chi connectivity index (χ2v) is 8.27. The maximum Gasteiger partial charge on any atom is 0.338 e. The maximum absolute atomic E-state index is 13.1. The van der Waals surface area contributed by atoms with Crippen LogP contribution in [0.4, 0.5) is 5.69 Å². The van der Waals surface area contributed by atoms with Crippen LogP contribution >= 0.6 is 0 Å². The molecule has 0 aliphatic heterocycles. The molecule has 3 rings (SSSR count). The van der Waals surface area contributed by atoms with Gasteiger partial charge in [0.1, 0.15) is 12.4 Å². The molecule has 8 heteroatoms. The molecule has 1 heterocycles. The molecule has 2 aromatic carbocycles. The van der Waals surface area contributed by atoms with Crippen LogP contribution in [0, 0.1) is 13.8 Å². The van der Waals surface area contributed by atoms with E-state index in [0.717, 1.165) is 0 Å². The quantitative estimate of drug-likeness (QED) is 0.545. The summed E-state index contributed by atoms with van der Waals surface area (Å²) in [6.07, 6.45) is 0. The van der Waals surface area contributed by atoms with E-state index in [1.807, 2.05) is 6.07 Å². The summed E-state index contributed by atoms with van der Waals surface area (Å²) in [5.41, 5.74) is 2.06. The van der Waals surface area contributed by atoms with Gasteiger partial charge in [-0.2, -0.15) is 0 Å². The largest absolute Gasteiger partial charge is 0.457 e. The standard InChI is InChI=1S/C21H22N2O5S/c1-4-23(18-10-6-5-7-11-18)29(25,26)19-12-8-9-17(13-19)21(24)27-14-20-15(2)22-28-16(20)3/h5-13H,4,14H2,1-3H3. The van der Waals surface area contributed by atoms with Crippen LogP contribution < -0.4 is 4.31 Å². The zero-order valence-electron chi connectivity index (χ0n) is 16.5. The molecule has 7 nitrogen and oxygen atoms in total. The molecule has 0 atom stereocenters. The zero-order valence-corrected chi connectivity index (χ0v) is 17.3. The van der Waals surface area contributed by atoms with Crippen LogP contribution in [0.15, 0.2) is 64.0 Å². The van der Waals surface area contributed by atoms with Gasteiger partial charge in [0.15, 0.2) is 0 Å². The number of aromatic nitrogens is 1. The number of carbonyl (C=O) groups is 1. The number of sulfonamides is 1. The first-order chi connectivity index (χ1) is 13.8. The van der Waals surface area contributed by atoms with Crippen molar-refractivity contribution < 1.29 is 22.5 Å². The van der Waals surface area contributed by atoms with Gasteiger partial charge < -0.3 is 9.26 Å². The third-order valence-electron chi connectivity index (χ3n) is 4.52. The van der Waals surface area contributed by atoms with Crippen molar-refractivity contribution in [3.05, 3.63) is 77.2 Å². The fourth-order valence-electron chi connectivity index (χ4n) is 2.93. The van der Waals surface area contributed by atoms with E-state index in [-0.39, 0.29) is 23.6 Å². The molecule has 3 aromatic rings. The lowest BCUT2D eigenvalue weighted by Crippen LogP contribution is -2.30. The summed E-state index contributed by atoms with van der Waals surface area (Å²) in [7, 11) is -3.83. The van der Waals surface area contributed by atoms with Crippen LogP contribution in [0.5, 0.6) is 0 Å². The lowest BCUT2D eigenvalue weighted by Gasteiger charge is -2.23. The SMILES string of the molecule is CCN(c1ccccc1)S(=O)(=O)c1cccc(C(=O)OCc2c(C)noc2C)c1. The molecule has 1 aromatic heterocycles. The van der Waals surface area contributed by atoms with Crippen molar-refractivity contribution in [3.63, 3.8) is 0 Å². The number of nitrogens with zero attached hydrogens (tertiary/aromatic N) is 2. The Morgan fingerprint density at radius 3 is 2.45 bits per heavy atom. The zero-order chi connectivity index (χ0) is 21.0. The first-order valence-corrected chi connectivity index (χ1v) is 10.5. The van der Waals surface area contributed by atoms with Gasteiger partial charge in [-0.1, -0.05) is 29.4 Å². The van der Waals surface area contributed by atoms with Gasteiger partial charge in [0.2, 0.25) is 0 Å². The second kappa shape index (κ2) is 8.48. The molecule has 0 aliphatic rings.